The van der Waals surface area contributed by atoms with Crippen LogP contribution in [0.3, 0.4) is 0 Å². The van der Waals surface area contributed by atoms with Gasteiger partial charge >= 0.3 is 5.97 Å². The Morgan fingerprint density at radius 3 is 2.65 bits per heavy atom. The number of ether oxygens (including phenoxy) is 1. The summed E-state index contributed by atoms with van der Waals surface area (Å²) in [6.45, 7) is 1.47. The molecule has 0 spiro atoms. The van der Waals surface area contributed by atoms with Crippen molar-refractivity contribution in [1.82, 2.24) is 0 Å². The predicted octanol–water partition coefficient (Wildman–Crippen LogP) is 2.18. The lowest BCUT2D eigenvalue weighted by molar-refractivity contribution is -0.115. The monoisotopic (exact) mass is 259 g/mol. The Morgan fingerprint density at radius 2 is 2.12 bits per heavy atom. The van der Waals surface area contributed by atoms with Crippen molar-refractivity contribution in [1.29, 1.82) is 0 Å². The number of hydrogen-bond donors (Lipinski definition) is 1. The number of nitrogens with one attached hydrogen (secondary N) is 1. The molecule has 4 nitrogen and oxygen atoms in total. The van der Waals surface area contributed by atoms with E-state index < -0.39 is 23.1 Å². The van der Waals surface area contributed by atoms with Crippen LogP contribution in [0.5, 0.6) is 0 Å². The van der Waals surface area contributed by atoms with Gasteiger partial charge in [0.1, 0.15) is 11.2 Å². The molecule has 17 heavy (non-hydrogen) atoms. The van der Waals surface area contributed by atoms with Crippen molar-refractivity contribution in [3.63, 3.8) is 0 Å². The third-order valence-electron chi connectivity index (χ3n) is 2.01. The molecular formula is C11H11ClFNO3. The number of benzene rings is 1. The Labute approximate surface area is 103 Å². The van der Waals surface area contributed by atoms with Crippen molar-refractivity contribution in [2.24, 2.45) is 0 Å². The van der Waals surface area contributed by atoms with Gasteiger partial charge in [-0.2, -0.15) is 0 Å². The van der Waals surface area contributed by atoms with E-state index in [1.165, 1.54) is 20.1 Å². The zero-order valence-electron chi connectivity index (χ0n) is 9.29. The Kier molecular flexibility index (Phi) is 4.45. The number of rotatable bonds is 3. The van der Waals surface area contributed by atoms with Crippen LogP contribution in [-0.4, -0.2) is 24.4 Å². The summed E-state index contributed by atoms with van der Waals surface area (Å²) in [6.07, 6.45) is 0. The second-order valence-electron chi connectivity index (χ2n) is 3.29. The van der Waals surface area contributed by atoms with Gasteiger partial charge in [-0.3, -0.25) is 4.79 Å². The van der Waals surface area contributed by atoms with Crippen LogP contribution in [0.25, 0.3) is 0 Å². The van der Waals surface area contributed by atoms with Gasteiger partial charge in [0.25, 0.3) is 0 Å². The number of halogens is 2. The highest BCUT2D eigenvalue weighted by Crippen LogP contribution is 2.19. The number of carbonyl (C=O) groups excluding carboxylic acids is 2. The molecule has 0 saturated carbocycles. The van der Waals surface area contributed by atoms with Gasteiger partial charge in [0, 0.05) is 0 Å². The summed E-state index contributed by atoms with van der Waals surface area (Å²) in [5, 5.41) is 1.57. The third kappa shape index (κ3) is 3.42. The second kappa shape index (κ2) is 5.63. The van der Waals surface area contributed by atoms with Crippen LogP contribution in [0.1, 0.15) is 17.3 Å². The highest BCUT2D eigenvalue weighted by atomic mass is 35.5. The molecule has 0 bridgehead atoms. The van der Waals surface area contributed by atoms with Gasteiger partial charge in [-0.25, -0.2) is 9.18 Å². The molecule has 6 heteroatoms. The lowest BCUT2D eigenvalue weighted by Gasteiger charge is -2.10. The first-order valence-electron chi connectivity index (χ1n) is 4.78. The van der Waals surface area contributed by atoms with Gasteiger partial charge in [-0.1, -0.05) is 0 Å². The van der Waals surface area contributed by atoms with Crippen LogP contribution in [0, 0.1) is 5.82 Å². The van der Waals surface area contributed by atoms with Crippen LogP contribution in [0.15, 0.2) is 18.2 Å². The normalized spacial score (nSPS) is 11.8. The molecule has 0 aromatic heterocycles. The van der Waals surface area contributed by atoms with Crippen molar-refractivity contribution in [3.05, 3.63) is 29.6 Å². The summed E-state index contributed by atoms with van der Waals surface area (Å²) in [6, 6.07) is 3.37. The summed E-state index contributed by atoms with van der Waals surface area (Å²) in [7, 11) is 1.20. The Bertz CT molecular complexity index is 448. The average Bonchev–Trinajstić information content (AvgIpc) is 2.28. The van der Waals surface area contributed by atoms with E-state index in [1.807, 2.05) is 0 Å². The smallest absolute Gasteiger partial charge is 0.339 e. The summed E-state index contributed by atoms with van der Waals surface area (Å²) in [5.41, 5.74) is 0.105. The number of anilines is 1. The Morgan fingerprint density at radius 1 is 1.47 bits per heavy atom. The highest BCUT2D eigenvalue weighted by Gasteiger charge is 2.16. The molecule has 0 aliphatic heterocycles. The Balaban J connectivity index is 3.07. The van der Waals surface area contributed by atoms with Crippen molar-refractivity contribution >= 4 is 29.2 Å². The molecular weight excluding hydrogens is 249 g/mol. The molecule has 1 atom stereocenters. The number of esters is 1. The van der Waals surface area contributed by atoms with Gasteiger partial charge in [0.2, 0.25) is 5.91 Å². The molecule has 0 fully saturated rings. The minimum absolute atomic E-state index is 0.0364. The van der Waals surface area contributed by atoms with Crippen molar-refractivity contribution in [2.45, 2.75) is 12.3 Å². The number of methoxy groups -OCH3 is 1. The predicted molar refractivity (Wildman–Crippen MR) is 61.7 cm³/mol. The van der Waals surface area contributed by atoms with Crippen molar-refractivity contribution in [2.75, 3.05) is 12.4 Å². The lowest BCUT2D eigenvalue weighted by Crippen LogP contribution is -2.22. The number of hydrogen-bond acceptors (Lipinski definition) is 3. The zero-order chi connectivity index (χ0) is 13.0. The molecule has 0 aliphatic rings. The standard InChI is InChI=1S/C11H11ClFNO3/c1-6(12)10(15)14-9-5-7(13)3-4-8(9)11(16)17-2/h3-6H,1-2H3,(H,14,15). The van der Waals surface area contributed by atoms with E-state index in [1.54, 1.807) is 0 Å². The van der Waals surface area contributed by atoms with E-state index in [2.05, 4.69) is 10.1 Å². The fourth-order valence-corrected chi connectivity index (χ4v) is 1.19. The first-order valence-corrected chi connectivity index (χ1v) is 5.22. The highest BCUT2D eigenvalue weighted by molar-refractivity contribution is 6.32. The average molecular weight is 260 g/mol. The van der Waals surface area contributed by atoms with Gasteiger partial charge in [0.05, 0.1) is 18.4 Å². The first-order chi connectivity index (χ1) is 7.95. The molecule has 0 saturated heterocycles. The SMILES string of the molecule is COC(=O)c1ccc(F)cc1NC(=O)C(C)Cl. The number of amides is 1. The topological polar surface area (TPSA) is 55.4 Å². The van der Waals surface area contributed by atoms with E-state index in [4.69, 9.17) is 11.6 Å². The maximum absolute atomic E-state index is 13.0. The van der Waals surface area contributed by atoms with Crippen LogP contribution >= 0.6 is 11.6 Å². The minimum Gasteiger partial charge on any atom is -0.465 e. The summed E-state index contributed by atoms with van der Waals surface area (Å²) >= 11 is 5.56. The number of carbonyl (C=O) groups is 2. The molecule has 0 aliphatic carbocycles. The van der Waals surface area contributed by atoms with Gasteiger partial charge in [-0.15, -0.1) is 11.6 Å². The Hall–Kier alpha value is -1.62. The van der Waals surface area contributed by atoms with Crippen LogP contribution in [0.4, 0.5) is 10.1 Å². The summed E-state index contributed by atoms with van der Waals surface area (Å²) < 4.78 is 17.5. The largest absolute Gasteiger partial charge is 0.465 e. The minimum atomic E-state index is -0.788. The quantitative estimate of drug-likeness (QED) is 0.669. The van der Waals surface area contributed by atoms with Crippen LogP contribution in [-0.2, 0) is 9.53 Å². The second-order valence-corrected chi connectivity index (χ2v) is 3.94. The van der Waals surface area contributed by atoms with Gasteiger partial charge in [-0.05, 0) is 25.1 Å². The maximum Gasteiger partial charge on any atom is 0.339 e. The third-order valence-corrected chi connectivity index (χ3v) is 2.20. The molecule has 1 rings (SSSR count). The fourth-order valence-electron chi connectivity index (χ4n) is 1.14. The first kappa shape index (κ1) is 13.4. The van der Waals surface area contributed by atoms with E-state index in [0.29, 0.717) is 0 Å². The zero-order valence-corrected chi connectivity index (χ0v) is 10.0. The number of alkyl halides is 1. The van der Waals surface area contributed by atoms with Gasteiger partial charge in [0.15, 0.2) is 0 Å². The van der Waals surface area contributed by atoms with Crippen molar-refractivity contribution < 1.29 is 18.7 Å². The van der Waals surface area contributed by atoms with E-state index >= 15 is 0 Å². The molecule has 1 amide bonds. The van der Waals surface area contributed by atoms with E-state index in [0.717, 1.165) is 12.1 Å². The van der Waals surface area contributed by atoms with Crippen LogP contribution in [0.2, 0.25) is 0 Å². The molecule has 1 N–H and O–H groups in total. The van der Waals surface area contributed by atoms with Gasteiger partial charge < -0.3 is 10.1 Å². The summed E-state index contributed by atoms with van der Waals surface area (Å²) in [4.78, 5) is 22.7. The molecule has 1 aromatic carbocycles. The van der Waals surface area contributed by atoms with Crippen molar-refractivity contribution in [3.8, 4) is 0 Å². The maximum atomic E-state index is 13.0. The molecule has 0 heterocycles. The molecule has 1 unspecified atom stereocenters. The fraction of sp³-hybridized carbons (Fsp3) is 0.273. The van der Waals surface area contributed by atoms with Crippen LogP contribution < -0.4 is 5.32 Å². The molecule has 92 valence electrons. The summed E-state index contributed by atoms with van der Waals surface area (Å²) in [5.74, 6) is -1.76. The van der Waals surface area contributed by atoms with E-state index in [9.17, 15) is 14.0 Å². The van der Waals surface area contributed by atoms with E-state index in [-0.39, 0.29) is 11.3 Å². The molecule has 1 aromatic rings. The molecule has 0 radical (unpaired) electrons. The lowest BCUT2D eigenvalue weighted by atomic mass is 10.1.